The van der Waals surface area contributed by atoms with E-state index in [1.54, 1.807) is 30.3 Å². The summed E-state index contributed by atoms with van der Waals surface area (Å²) in [5, 5.41) is 15.8. The van der Waals surface area contributed by atoms with Crippen molar-refractivity contribution in [3.63, 3.8) is 0 Å². The minimum absolute atomic E-state index is 0.152. The molecule has 0 saturated carbocycles. The maximum atomic E-state index is 13.3. The van der Waals surface area contributed by atoms with Gasteiger partial charge in [-0.2, -0.15) is 5.10 Å². The Hall–Kier alpha value is -3.47. The fourth-order valence-electron chi connectivity index (χ4n) is 2.79. The highest BCUT2D eigenvalue weighted by Gasteiger charge is 2.33. The van der Waals surface area contributed by atoms with Crippen molar-refractivity contribution in [2.75, 3.05) is 10.8 Å². The molecule has 0 heterocycles. The summed E-state index contributed by atoms with van der Waals surface area (Å²) in [6.45, 7) is -0.670. The van der Waals surface area contributed by atoms with Crippen LogP contribution in [0.1, 0.15) is 5.56 Å². The number of nitro groups is 1. The lowest BCUT2D eigenvalue weighted by Gasteiger charge is -2.23. The van der Waals surface area contributed by atoms with E-state index >= 15 is 0 Å². The van der Waals surface area contributed by atoms with Gasteiger partial charge in [0, 0.05) is 6.07 Å². The number of rotatable bonds is 8. The molecule has 1 amide bonds. The Morgan fingerprint density at radius 3 is 2.36 bits per heavy atom. The second-order valence-electron chi connectivity index (χ2n) is 6.54. The SMILES string of the molecule is O=C(CN(c1ccccc1)S(=O)(=O)c1ccccc1[N+](=O)[O-])N/N=C\c1ccc(Cl)c(Cl)c1. The summed E-state index contributed by atoms with van der Waals surface area (Å²) in [6, 6.07) is 17.4. The number of sulfonamides is 1. The van der Waals surface area contributed by atoms with Crippen LogP contribution in [0.3, 0.4) is 0 Å². The summed E-state index contributed by atoms with van der Waals surface area (Å²) in [4.78, 5) is 22.6. The number of hydrazone groups is 1. The first-order valence-electron chi connectivity index (χ1n) is 9.28. The van der Waals surface area contributed by atoms with Gasteiger partial charge in [-0.3, -0.25) is 19.2 Å². The normalized spacial score (nSPS) is 11.3. The first-order valence-corrected chi connectivity index (χ1v) is 11.5. The lowest BCUT2D eigenvalue weighted by molar-refractivity contribution is -0.387. The number of amides is 1. The van der Waals surface area contributed by atoms with E-state index in [4.69, 9.17) is 23.2 Å². The van der Waals surface area contributed by atoms with Gasteiger partial charge in [-0.25, -0.2) is 13.8 Å². The largest absolute Gasteiger partial charge is 0.289 e. The number of carbonyl (C=O) groups excluding carboxylic acids is 1. The van der Waals surface area contributed by atoms with E-state index in [0.29, 0.717) is 15.6 Å². The van der Waals surface area contributed by atoms with Crippen molar-refractivity contribution in [1.29, 1.82) is 0 Å². The fraction of sp³-hybridized carbons (Fsp3) is 0.0476. The van der Waals surface area contributed by atoms with Crippen LogP contribution in [0.15, 0.2) is 82.8 Å². The number of anilines is 1. The van der Waals surface area contributed by atoms with Crippen LogP contribution in [0.4, 0.5) is 11.4 Å². The third-order valence-electron chi connectivity index (χ3n) is 4.31. The van der Waals surface area contributed by atoms with Crippen LogP contribution in [-0.2, 0) is 14.8 Å². The summed E-state index contributed by atoms with van der Waals surface area (Å²) in [5.41, 5.74) is 2.35. The van der Waals surface area contributed by atoms with Crippen molar-refractivity contribution >= 4 is 56.7 Å². The highest BCUT2D eigenvalue weighted by molar-refractivity contribution is 7.93. The van der Waals surface area contributed by atoms with Gasteiger partial charge in [0.05, 0.1) is 26.9 Å². The van der Waals surface area contributed by atoms with E-state index in [1.165, 1.54) is 36.5 Å². The van der Waals surface area contributed by atoms with E-state index in [1.807, 2.05) is 0 Å². The standard InChI is InChI=1S/C21H16Cl2N4O5S/c22-17-11-10-15(12-18(17)23)13-24-25-21(28)14-26(16-6-2-1-3-7-16)33(31,32)20-9-5-4-8-19(20)27(29)30/h1-13H,14H2,(H,25,28)/b24-13-. The summed E-state index contributed by atoms with van der Waals surface area (Å²) in [5.74, 6) is -0.766. The number of hydrogen-bond donors (Lipinski definition) is 1. The monoisotopic (exact) mass is 506 g/mol. The van der Waals surface area contributed by atoms with Gasteiger partial charge < -0.3 is 0 Å². The smallest absolute Gasteiger partial charge is 0.271 e. The number of benzene rings is 3. The third-order valence-corrected chi connectivity index (χ3v) is 6.87. The van der Waals surface area contributed by atoms with Crippen LogP contribution in [0, 0.1) is 10.1 Å². The predicted octanol–water partition coefficient (Wildman–Crippen LogP) is 4.25. The number of nitrogens with one attached hydrogen (secondary N) is 1. The highest BCUT2D eigenvalue weighted by Crippen LogP contribution is 2.29. The molecule has 12 heteroatoms. The van der Waals surface area contributed by atoms with Crippen LogP contribution in [-0.4, -0.2) is 32.0 Å². The molecule has 1 N–H and O–H groups in total. The molecule has 0 atom stereocenters. The van der Waals surface area contributed by atoms with Gasteiger partial charge in [-0.1, -0.05) is 59.6 Å². The fourth-order valence-corrected chi connectivity index (χ4v) is 4.68. The van der Waals surface area contributed by atoms with E-state index in [0.717, 1.165) is 16.4 Å². The van der Waals surface area contributed by atoms with Gasteiger partial charge >= 0.3 is 0 Å². The zero-order valence-electron chi connectivity index (χ0n) is 16.8. The summed E-state index contributed by atoms with van der Waals surface area (Å²) < 4.78 is 27.4. The Bertz CT molecular complexity index is 1320. The number of carbonyl (C=O) groups is 1. The maximum absolute atomic E-state index is 13.3. The molecule has 0 spiro atoms. The van der Waals surface area contributed by atoms with Crippen molar-refractivity contribution in [2.45, 2.75) is 4.90 Å². The third kappa shape index (κ3) is 5.86. The molecule has 0 aromatic heterocycles. The van der Waals surface area contributed by atoms with Gasteiger partial charge in [-0.15, -0.1) is 0 Å². The van der Waals surface area contributed by atoms with Gasteiger partial charge in [0.15, 0.2) is 4.90 Å². The Kier molecular flexibility index (Phi) is 7.64. The Morgan fingerprint density at radius 1 is 1.03 bits per heavy atom. The zero-order chi connectivity index (χ0) is 24.0. The minimum atomic E-state index is -4.47. The molecule has 0 radical (unpaired) electrons. The van der Waals surface area contributed by atoms with Gasteiger partial charge in [0.2, 0.25) is 0 Å². The number of halogens is 2. The molecule has 3 rings (SSSR count). The highest BCUT2D eigenvalue weighted by atomic mass is 35.5. The van der Waals surface area contributed by atoms with Gasteiger partial charge in [0.25, 0.3) is 21.6 Å². The molecule has 3 aromatic rings. The Balaban J connectivity index is 1.88. The van der Waals surface area contributed by atoms with Crippen molar-refractivity contribution in [2.24, 2.45) is 5.10 Å². The number of para-hydroxylation sites is 2. The van der Waals surface area contributed by atoms with Crippen molar-refractivity contribution in [3.8, 4) is 0 Å². The summed E-state index contributed by atoms with van der Waals surface area (Å²) >= 11 is 11.8. The lowest BCUT2D eigenvalue weighted by Crippen LogP contribution is -2.39. The molecule has 0 aliphatic heterocycles. The molecule has 0 aliphatic carbocycles. The average molecular weight is 507 g/mol. The van der Waals surface area contributed by atoms with Crippen LogP contribution in [0.5, 0.6) is 0 Å². The second kappa shape index (κ2) is 10.4. The molecule has 33 heavy (non-hydrogen) atoms. The second-order valence-corrected chi connectivity index (χ2v) is 9.18. The maximum Gasteiger partial charge on any atom is 0.289 e. The molecule has 0 fully saturated rings. The quantitative estimate of drug-likeness (QED) is 0.278. The first-order chi connectivity index (χ1) is 15.7. The molecule has 0 saturated heterocycles. The van der Waals surface area contributed by atoms with Crippen molar-refractivity contribution in [1.82, 2.24) is 5.43 Å². The van der Waals surface area contributed by atoms with E-state index < -0.39 is 38.0 Å². The van der Waals surface area contributed by atoms with Crippen LogP contribution < -0.4 is 9.73 Å². The van der Waals surface area contributed by atoms with Crippen LogP contribution >= 0.6 is 23.2 Å². The van der Waals surface area contributed by atoms with Gasteiger partial charge in [-0.05, 0) is 35.9 Å². The molecule has 0 aliphatic rings. The number of nitro benzene ring substituents is 1. The Labute approximate surface area is 199 Å². The summed E-state index contributed by atoms with van der Waals surface area (Å²) in [6.07, 6.45) is 1.31. The van der Waals surface area contributed by atoms with Crippen molar-refractivity contribution in [3.05, 3.63) is 98.5 Å². The van der Waals surface area contributed by atoms with Gasteiger partial charge in [0.1, 0.15) is 6.54 Å². The zero-order valence-corrected chi connectivity index (χ0v) is 19.1. The van der Waals surface area contributed by atoms with Crippen LogP contribution in [0.2, 0.25) is 10.0 Å². The van der Waals surface area contributed by atoms with E-state index in [9.17, 15) is 23.3 Å². The minimum Gasteiger partial charge on any atom is -0.271 e. The van der Waals surface area contributed by atoms with Crippen molar-refractivity contribution < 1.29 is 18.1 Å². The Morgan fingerprint density at radius 2 is 1.70 bits per heavy atom. The predicted molar refractivity (Wildman–Crippen MR) is 126 cm³/mol. The lowest BCUT2D eigenvalue weighted by atomic mass is 10.2. The molecule has 9 nitrogen and oxygen atoms in total. The summed E-state index contributed by atoms with van der Waals surface area (Å²) in [7, 11) is -4.47. The first kappa shape index (κ1) is 24.2. The van der Waals surface area contributed by atoms with E-state index in [2.05, 4.69) is 10.5 Å². The average Bonchev–Trinajstić information content (AvgIpc) is 2.80. The number of nitrogens with zero attached hydrogens (tertiary/aromatic N) is 3. The van der Waals surface area contributed by atoms with E-state index in [-0.39, 0.29) is 5.69 Å². The molecule has 0 unspecified atom stereocenters. The topological polar surface area (TPSA) is 122 Å². The molecule has 0 bridgehead atoms. The molecular formula is C21H16Cl2N4O5S. The molecule has 3 aromatic carbocycles. The molecular weight excluding hydrogens is 491 g/mol. The number of hydrogen-bond acceptors (Lipinski definition) is 6. The molecule has 170 valence electrons. The van der Waals surface area contributed by atoms with Crippen LogP contribution in [0.25, 0.3) is 0 Å².